The normalized spacial score (nSPS) is 10.9. The molecule has 0 unspecified atom stereocenters. The summed E-state index contributed by atoms with van der Waals surface area (Å²) in [5, 5.41) is 0. The molecule has 142 valence electrons. The highest BCUT2D eigenvalue weighted by atomic mass is 127. The molecule has 2 aromatic carbocycles. The third-order valence-corrected chi connectivity index (χ3v) is 7.49. The van der Waals surface area contributed by atoms with Crippen molar-refractivity contribution in [3.05, 3.63) is 58.0 Å². The first-order valence-electron chi connectivity index (χ1n) is 7.07. The first kappa shape index (κ1) is 22.6. The van der Waals surface area contributed by atoms with Crippen LogP contribution in [0.5, 0.6) is 5.75 Å². The van der Waals surface area contributed by atoms with E-state index in [2.05, 4.69) is 4.85 Å². The minimum absolute atomic E-state index is 0.00336. The van der Waals surface area contributed by atoms with Crippen molar-refractivity contribution in [2.45, 2.75) is 4.90 Å². The summed E-state index contributed by atoms with van der Waals surface area (Å²) in [4.78, 5) is 15.0. The van der Waals surface area contributed by atoms with Gasteiger partial charge in [0, 0.05) is 3.57 Å². The maximum atomic E-state index is 11.9. The number of rotatable bonds is 6. The summed E-state index contributed by atoms with van der Waals surface area (Å²) in [7, 11) is -4.39. The molecule has 0 aliphatic rings. The SMILES string of the molecule is [C-]#[N+]c1ccc(C(=O)OCCOc2c(I)cc(I)c(S(=O)(=O)O)c2I)cc1. The van der Waals surface area contributed by atoms with E-state index in [1.807, 2.05) is 45.2 Å². The minimum atomic E-state index is -4.39. The number of benzene rings is 2. The van der Waals surface area contributed by atoms with Gasteiger partial charge in [0.1, 0.15) is 23.9 Å². The van der Waals surface area contributed by atoms with Crippen molar-refractivity contribution in [1.82, 2.24) is 0 Å². The second kappa shape index (κ2) is 9.67. The first-order valence-corrected chi connectivity index (χ1v) is 11.7. The van der Waals surface area contributed by atoms with Crippen molar-refractivity contribution in [3.8, 4) is 5.75 Å². The van der Waals surface area contributed by atoms with Crippen LogP contribution in [0.4, 0.5) is 5.69 Å². The van der Waals surface area contributed by atoms with Crippen LogP contribution in [0.15, 0.2) is 35.2 Å². The van der Waals surface area contributed by atoms with Crippen LogP contribution in [0.1, 0.15) is 10.4 Å². The number of halogens is 3. The highest BCUT2D eigenvalue weighted by Gasteiger charge is 2.24. The molecule has 0 aromatic heterocycles. The van der Waals surface area contributed by atoms with Crippen LogP contribution in [0, 0.1) is 17.3 Å². The van der Waals surface area contributed by atoms with Crippen LogP contribution in [0.3, 0.4) is 0 Å². The van der Waals surface area contributed by atoms with Crippen molar-refractivity contribution in [2.24, 2.45) is 0 Å². The smallest absolute Gasteiger partial charge is 0.338 e. The first-order chi connectivity index (χ1) is 12.6. The molecule has 0 spiro atoms. The molecule has 0 radical (unpaired) electrons. The standard InChI is InChI=1S/C16H10I3NO6S/c1-20-10-4-2-9(3-5-10)16(21)26-7-6-25-14-11(17)8-12(18)15(13(14)19)27(22,23)24/h2-5,8H,6-7H2,(H,22,23,24). The highest BCUT2D eigenvalue weighted by Crippen LogP contribution is 2.35. The summed E-state index contributed by atoms with van der Waals surface area (Å²) in [6.07, 6.45) is 0. The molecule has 0 bridgehead atoms. The van der Waals surface area contributed by atoms with Crippen LogP contribution in [0.2, 0.25) is 0 Å². The number of esters is 1. The van der Waals surface area contributed by atoms with Gasteiger partial charge in [-0.25, -0.2) is 9.64 Å². The van der Waals surface area contributed by atoms with Gasteiger partial charge in [0.15, 0.2) is 5.69 Å². The molecule has 27 heavy (non-hydrogen) atoms. The number of hydrogen-bond donors (Lipinski definition) is 1. The monoisotopic (exact) mass is 725 g/mol. The zero-order valence-corrected chi connectivity index (χ0v) is 20.6. The number of carbonyl (C=O) groups is 1. The van der Waals surface area contributed by atoms with Gasteiger partial charge in [-0.2, -0.15) is 8.42 Å². The van der Waals surface area contributed by atoms with Gasteiger partial charge in [-0.05, 0) is 73.8 Å². The molecule has 2 aromatic rings. The average molecular weight is 725 g/mol. The summed E-state index contributed by atoms with van der Waals surface area (Å²) < 4.78 is 44.5. The van der Waals surface area contributed by atoms with Crippen molar-refractivity contribution >= 4 is 89.5 Å². The van der Waals surface area contributed by atoms with Crippen LogP contribution in [-0.2, 0) is 14.9 Å². The topological polar surface area (TPSA) is 94.3 Å². The van der Waals surface area contributed by atoms with E-state index in [9.17, 15) is 17.8 Å². The zero-order chi connectivity index (χ0) is 20.2. The fourth-order valence-electron chi connectivity index (χ4n) is 1.96. The van der Waals surface area contributed by atoms with Crippen molar-refractivity contribution in [1.29, 1.82) is 0 Å². The van der Waals surface area contributed by atoms with E-state index in [4.69, 9.17) is 16.0 Å². The molecular formula is C16H10I3NO6S. The predicted molar refractivity (Wildman–Crippen MR) is 123 cm³/mol. The van der Waals surface area contributed by atoms with E-state index in [-0.39, 0.29) is 21.7 Å². The lowest BCUT2D eigenvalue weighted by Gasteiger charge is -2.14. The van der Waals surface area contributed by atoms with Gasteiger partial charge >= 0.3 is 5.97 Å². The molecule has 0 atom stereocenters. The highest BCUT2D eigenvalue weighted by molar-refractivity contribution is 14.1. The van der Waals surface area contributed by atoms with E-state index in [1.165, 1.54) is 24.3 Å². The zero-order valence-electron chi connectivity index (χ0n) is 13.3. The van der Waals surface area contributed by atoms with E-state index in [1.54, 1.807) is 28.7 Å². The Kier molecular flexibility index (Phi) is 8.09. The van der Waals surface area contributed by atoms with Gasteiger partial charge in [0.05, 0.1) is 19.3 Å². The third kappa shape index (κ3) is 5.89. The van der Waals surface area contributed by atoms with Crippen LogP contribution in [-0.4, -0.2) is 32.2 Å². The maximum Gasteiger partial charge on any atom is 0.338 e. The molecule has 0 aliphatic carbocycles. The number of ether oxygens (including phenoxy) is 2. The van der Waals surface area contributed by atoms with Gasteiger partial charge in [-0.1, -0.05) is 24.3 Å². The van der Waals surface area contributed by atoms with Gasteiger partial charge in [0.25, 0.3) is 10.1 Å². The number of nitrogens with zero attached hydrogens (tertiary/aromatic N) is 1. The lowest BCUT2D eigenvalue weighted by Crippen LogP contribution is -2.14. The lowest BCUT2D eigenvalue weighted by molar-refractivity contribution is 0.0449. The molecule has 0 saturated carbocycles. The Morgan fingerprint density at radius 1 is 1.11 bits per heavy atom. The molecule has 0 aliphatic heterocycles. The van der Waals surface area contributed by atoms with Crippen LogP contribution >= 0.6 is 67.8 Å². The van der Waals surface area contributed by atoms with Crippen LogP contribution in [0.25, 0.3) is 4.85 Å². The Morgan fingerprint density at radius 2 is 1.74 bits per heavy atom. The quantitative estimate of drug-likeness (QED) is 0.155. The van der Waals surface area contributed by atoms with Crippen LogP contribution < -0.4 is 4.74 Å². The third-order valence-electron chi connectivity index (χ3n) is 3.14. The van der Waals surface area contributed by atoms with Crippen molar-refractivity contribution in [3.63, 3.8) is 0 Å². The molecule has 1 N–H and O–H groups in total. The van der Waals surface area contributed by atoms with Gasteiger partial charge in [-0.15, -0.1) is 0 Å². The second-order valence-corrected chi connectivity index (χ2v) is 9.69. The van der Waals surface area contributed by atoms with E-state index in [0.717, 1.165) is 0 Å². The lowest BCUT2D eigenvalue weighted by atomic mass is 10.2. The van der Waals surface area contributed by atoms with Gasteiger partial charge < -0.3 is 9.47 Å². The Bertz CT molecular complexity index is 1020. The van der Waals surface area contributed by atoms with E-state index < -0.39 is 16.1 Å². The fourth-order valence-corrected chi connectivity index (χ4v) is 7.93. The molecule has 11 heteroatoms. The molecule has 7 nitrogen and oxygen atoms in total. The molecule has 0 amide bonds. The Balaban J connectivity index is 2.03. The summed E-state index contributed by atoms with van der Waals surface area (Å²) in [6, 6.07) is 7.62. The number of hydrogen-bond acceptors (Lipinski definition) is 5. The molecular weight excluding hydrogens is 715 g/mol. The summed E-state index contributed by atoms with van der Waals surface area (Å²) in [5.74, 6) is -0.262. The van der Waals surface area contributed by atoms with Gasteiger partial charge in [-0.3, -0.25) is 4.55 Å². The second-order valence-electron chi connectivity index (χ2n) is 4.93. The summed E-state index contributed by atoms with van der Waals surface area (Å²) in [5.41, 5.74) is 0.738. The Labute approximate surface area is 196 Å². The summed E-state index contributed by atoms with van der Waals surface area (Å²) >= 11 is 5.61. The average Bonchev–Trinajstić information content (AvgIpc) is 2.59. The fraction of sp³-hybridized carbons (Fsp3) is 0.125. The Hall–Kier alpha value is -0.700. The summed E-state index contributed by atoms with van der Waals surface area (Å²) in [6.45, 7) is 6.83. The number of carbonyl (C=O) groups excluding carboxylic acids is 1. The maximum absolute atomic E-state index is 11.9. The van der Waals surface area contributed by atoms with Crippen molar-refractivity contribution in [2.75, 3.05) is 13.2 Å². The van der Waals surface area contributed by atoms with E-state index >= 15 is 0 Å². The molecule has 0 heterocycles. The molecule has 2 rings (SSSR count). The largest absolute Gasteiger partial charge is 0.488 e. The van der Waals surface area contributed by atoms with Gasteiger partial charge in [0.2, 0.25) is 0 Å². The predicted octanol–water partition coefficient (Wildman–Crippen LogP) is 4.53. The molecule has 0 saturated heterocycles. The minimum Gasteiger partial charge on any atom is -0.488 e. The van der Waals surface area contributed by atoms with E-state index in [0.29, 0.717) is 24.1 Å². The van der Waals surface area contributed by atoms with Crippen molar-refractivity contribution < 1.29 is 27.2 Å². The Morgan fingerprint density at radius 3 is 2.30 bits per heavy atom. The molecule has 0 fully saturated rings.